The molecule has 116 valence electrons. The number of hydrogen-bond donors (Lipinski definition) is 2. The molecule has 0 spiro atoms. The van der Waals surface area contributed by atoms with Crippen molar-refractivity contribution in [1.29, 1.82) is 0 Å². The number of carboxylic acid groups (broad SMARTS) is 1. The number of aryl methyl sites for hydroxylation is 1. The number of aromatic carboxylic acids is 1. The van der Waals surface area contributed by atoms with Gasteiger partial charge in [0.15, 0.2) is 0 Å². The summed E-state index contributed by atoms with van der Waals surface area (Å²) >= 11 is 0. The Hall–Kier alpha value is -2.83. The Morgan fingerprint density at radius 2 is 2.18 bits per heavy atom. The molecule has 0 unspecified atom stereocenters. The van der Waals surface area contributed by atoms with Crippen LogP contribution in [0.25, 0.3) is 0 Å². The molecule has 1 aromatic heterocycles. The third kappa shape index (κ3) is 3.63. The van der Waals surface area contributed by atoms with Crippen molar-refractivity contribution in [3.05, 3.63) is 47.5 Å². The van der Waals surface area contributed by atoms with Gasteiger partial charge in [0.2, 0.25) is 0 Å². The van der Waals surface area contributed by atoms with Gasteiger partial charge in [0.1, 0.15) is 11.4 Å². The summed E-state index contributed by atoms with van der Waals surface area (Å²) in [6.07, 6.45) is 3.72. The summed E-state index contributed by atoms with van der Waals surface area (Å²) < 4.78 is 6.89. The van der Waals surface area contributed by atoms with E-state index < -0.39 is 5.97 Å². The number of nitrogens with zero attached hydrogens (tertiary/aromatic N) is 2. The molecule has 0 atom stereocenters. The number of imidazole rings is 1. The minimum atomic E-state index is -1.01. The van der Waals surface area contributed by atoms with E-state index in [-0.39, 0.29) is 11.5 Å². The van der Waals surface area contributed by atoms with E-state index in [1.807, 2.05) is 0 Å². The number of benzene rings is 1. The van der Waals surface area contributed by atoms with E-state index in [2.05, 4.69) is 10.3 Å². The van der Waals surface area contributed by atoms with Gasteiger partial charge in [-0.05, 0) is 24.1 Å². The number of carbonyl (C=O) groups is 2. The van der Waals surface area contributed by atoms with Crippen LogP contribution in [0, 0.1) is 0 Å². The lowest BCUT2D eigenvalue weighted by Gasteiger charge is -2.10. The topological polar surface area (TPSA) is 93.5 Å². The number of methoxy groups -OCH3 is 1. The van der Waals surface area contributed by atoms with Gasteiger partial charge < -0.3 is 19.7 Å². The van der Waals surface area contributed by atoms with Crippen molar-refractivity contribution in [2.75, 3.05) is 13.7 Å². The molecular weight excluding hydrogens is 286 g/mol. The van der Waals surface area contributed by atoms with Gasteiger partial charge in [-0.1, -0.05) is 6.07 Å². The third-order valence-electron chi connectivity index (χ3n) is 3.15. The Kier molecular flexibility index (Phi) is 4.77. The van der Waals surface area contributed by atoms with Crippen LogP contribution in [0.2, 0.25) is 0 Å². The van der Waals surface area contributed by atoms with Gasteiger partial charge in [-0.3, -0.25) is 4.79 Å². The molecule has 2 rings (SSSR count). The van der Waals surface area contributed by atoms with Crippen LogP contribution in [0.5, 0.6) is 5.75 Å². The normalized spacial score (nSPS) is 10.3. The van der Waals surface area contributed by atoms with E-state index in [9.17, 15) is 9.59 Å². The van der Waals surface area contributed by atoms with Crippen LogP contribution in [0.15, 0.2) is 30.7 Å². The molecule has 0 bridgehead atoms. The minimum Gasteiger partial charge on any atom is -0.496 e. The van der Waals surface area contributed by atoms with E-state index in [1.165, 1.54) is 19.2 Å². The first-order valence-corrected chi connectivity index (χ1v) is 6.67. The Balaban J connectivity index is 1.96. The molecule has 7 heteroatoms. The van der Waals surface area contributed by atoms with Gasteiger partial charge >= 0.3 is 5.97 Å². The summed E-state index contributed by atoms with van der Waals surface area (Å²) in [5, 5.41) is 11.7. The standard InChI is InChI=1S/C15H17N3O4/c1-18-8-12(17-9-18)14(19)16-6-5-10-3-4-11(15(20)21)7-13(10)22-2/h3-4,7-9H,5-6H2,1-2H3,(H,16,19)(H,20,21). The van der Waals surface area contributed by atoms with Crippen molar-refractivity contribution in [2.24, 2.45) is 7.05 Å². The fourth-order valence-corrected chi connectivity index (χ4v) is 2.02. The summed E-state index contributed by atoms with van der Waals surface area (Å²) in [6, 6.07) is 4.67. The van der Waals surface area contributed by atoms with Crippen LogP contribution in [0.4, 0.5) is 0 Å². The lowest BCUT2D eigenvalue weighted by atomic mass is 10.1. The largest absolute Gasteiger partial charge is 0.496 e. The number of carboxylic acids is 1. The molecule has 0 aliphatic heterocycles. The summed E-state index contributed by atoms with van der Waals surface area (Å²) in [7, 11) is 3.27. The number of amides is 1. The fourth-order valence-electron chi connectivity index (χ4n) is 2.02. The Bertz CT molecular complexity index is 694. The number of ether oxygens (including phenoxy) is 1. The van der Waals surface area contributed by atoms with Gasteiger partial charge in [0.05, 0.1) is 19.0 Å². The molecular formula is C15H17N3O4. The molecule has 1 amide bonds. The quantitative estimate of drug-likeness (QED) is 0.833. The van der Waals surface area contributed by atoms with Crippen molar-refractivity contribution in [2.45, 2.75) is 6.42 Å². The van der Waals surface area contributed by atoms with Gasteiger partial charge in [0, 0.05) is 19.8 Å². The molecule has 2 N–H and O–H groups in total. The number of aromatic nitrogens is 2. The molecule has 1 aromatic carbocycles. The Labute approximate surface area is 127 Å². The van der Waals surface area contributed by atoms with Gasteiger partial charge in [-0.2, -0.15) is 0 Å². The summed E-state index contributed by atoms with van der Waals surface area (Å²) in [5.74, 6) is -0.762. The average Bonchev–Trinajstić information content (AvgIpc) is 2.93. The van der Waals surface area contributed by atoms with Gasteiger partial charge in [-0.25, -0.2) is 9.78 Å². The molecule has 0 saturated carbocycles. The van der Waals surface area contributed by atoms with Crippen LogP contribution in [0.3, 0.4) is 0 Å². The van der Waals surface area contributed by atoms with Crippen molar-refractivity contribution in [1.82, 2.24) is 14.9 Å². The molecule has 1 heterocycles. The maximum Gasteiger partial charge on any atom is 0.335 e. The highest BCUT2D eigenvalue weighted by Gasteiger charge is 2.11. The van der Waals surface area contributed by atoms with Gasteiger partial charge in [0.25, 0.3) is 5.91 Å². The first-order chi connectivity index (χ1) is 10.5. The maximum absolute atomic E-state index is 11.9. The number of nitrogens with one attached hydrogen (secondary N) is 1. The zero-order chi connectivity index (χ0) is 16.1. The Morgan fingerprint density at radius 1 is 1.41 bits per heavy atom. The van der Waals surface area contributed by atoms with Crippen molar-refractivity contribution in [3.8, 4) is 5.75 Å². The number of rotatable bonds is 6. The van der Waals surface area contributed by atoms with E-state index in [0.29, 0.717) is 24.4 Å². The molecule has 7 nitrogen and oxygen atoms in total. The van der Waals surface area contributed by atoms with Crippen LogP contribution in [-0.4, -0.2) is 40.2 Å². The first kappa shape index (κ1) is 15.6. The van der Waals surface area contributed by atoms with Crippen LogP contribution < -0.4 is 10.1 Å². The molecule has 2 aromatic rings. The highest BCUT2D eigenvalue weighted by molar-refractivity contribution is 5.92. The molecule has 22 heavy (non-hydrogen) atoms. The smallest absolute Gasteiger partial charge is 0.335 e. The van der Waals surface area contributed by atoms with E-state index >= 15 is 0 Å². The monoisotopic (exact) mass is 303 g/mol. The van der Waals surface area contributed by atoms with Crippen LogP contribution >= 0.6 is 0 Å². The van der Waals surface area contributed by atoms with E-state index in [1.54, 1.807) is 30.2 Å². The highest BCUT2D eigenvalue weighted by Crippen LogP contribution is 2.20. The van der Waals surface area contributed by atoms with E-state index in [0.717, 1.165) is 5.56 Å². The second-order valence-corrected chi connectivity index (χ2v) is 4.76. The first-order valence-electron chi connectivity index (χ1n) is 6.67. The Morgan fingerprint density at radius 3 is 2.77 bits per heavy atom. The predicted molar refractivity (Wildman–Crippen MR) is 79.2 cm³/mol. The van der Waals surface area contributed by atoms with E-state index in [4.69, 9.17) is 9.84 Å². The lowest BCUT2D eigenvalue weighted by molar-refractivity contribution is 0.0696. The fraction of sp³-hybridized carbons (Fsp3) is 0.267. The van der Waals surface area contributed by atoms with Crippen LogP contribution in [0.1, 0.15) is 26.4 Å². The second kappa shape index (κ2) is 6.75. The second-order valence-electron chi connectivity index (χ2n) is 4.76. The maximum atomic E-state index is 11.9. The highest BCUT2D eigenvalue weighted by atomic mass is 16.5. The minimum absolute atomic E-state index is 0.165. The zero-order valence-corrected chi connectivity index (χ0v) is 12.4. The summed E-state index contributed by atoms with van der Waals surface area (Å²) in [6.45, 7) is 0.401. The average molecular weight is 303 g/mol. The summed E-state index contributed by atoms with van der Waals surface area (Å²) in [4.78, 5) is 26.7. The lowest BCUT2D eigenvalue weighted by Crippen LogP contribution is -2.26. The number of hydrogen-bond acceptors (Lipinski definition) is 4. The molecule has 0 fully saturated rings. The van der Waals surface area contributed by atoms with Crippen molar-refractivity contribution < 1.29 is 19.4 Å². The van der Waals surface area contributed by atoms with Crippen LogP contribution in [-0.2, 0) is 13.5 Å². The molecule has 0 aliphatic rings. The van der Waals surface area contributed by atoms with Gasteiger partial charge in [-0.15, -0.1) is 0 Å². The predicted octanol–water partition coefficient (Wildman–Crippen LogP) is 1.10. The SMILES string of the molecule is COc1cc(C(=O)O)ccc1CCNC(=O)c1cn(C)cn1. The molecule has 0 aliphatic carbocycles. The number of carbonyl (C=O) groups excluding carboxylic acids is 1. The molecule has 0 radical (unpaired) electrons. The summed E-state index contributed by atoms with van der Waals surface area (Å²) in [5.41, 5.74) is 1.35. The van der Waals surface area contributed by atoms with Crippen molar-refractivity contribution >= 4 is 11.9 Å². The molecule has 0 saturated heterocycles. The third-order valence-corrected chi connectivity index (χ3v) is 3.15. The van der Waals surface area contributed by atoms with Crippen molar-refractivity contribution in [3.63, 3.8) is 0 Å². The zero-order valence-electron chi connectivity index (χ0n) is 12.4.